The van der Waals surface area contributed by atoms with Crippen molar-refractivity contribution in [3.63, 3.8) is 0 Å². The third kappa shape index (κ3) is 5.13. The van der Waals surface area contributed by atoms with Crippen molar-refractivity contribution in [2.24, 2.45) is 7.05 Å². The van der Waals surface area contributed by atoms with Gasteiger partial charge in [-0.1, -0.05) is 54.6 Å². The third-order valence-electron chi connectivity index (χ3n) is 6.94. The lowest BCUT2D eigenvalue weighted by molar-refractivity contribution is 0.0519. The van der Waals surface area contributed by atoms with Gasteiger partial charge in [-0.05, 0) is 36.8 Å². The van der Waals surface area contributed by atoms with E-state index < -0.39 is 5.97 Å². The highest BCUT2D eigenvalue weighted by molar-refractivity contribution is 6.04. The molecular formula is C31H35N3O5. The van der Waals surface area contributed by atoms with Gasteiger partial charge in [0.2, 0.25) is 0 Å². The molecule has 0 amide bonds. The molecule has 2 heterocycles. The van der Waals surface area contributed by atoms with Gasteiger partial charge in [0, 0.05) is 37.5 Å². The van der Waals surface area contributed by atoms with Crippen molar-refractivity contribution in [1.82, 2.24) is 14.8 Å². The zero-order valence-corrected chi connectivity index (χ0v) is 22.5. The van der Waals surface area contributed by atoms with Crippen LogP contribution in [-0.2, 0) is 36.2 Å². The SMILES string of the molecule is CCOC(=O)c1[nH]c2c(-c3c(CO)nn(C)c3COC)cccc2c1CCCOc1cccc2ccccc12.[HH]. The van der Waals surface area contributed by atoms with Gasteiger partial charge in [-0.25, -0.2) is 4.79 Å². The predicted octanol–water partition coefficient (Wildman–Crippen LogP) is 5.79. The van der Waals surface area contributed by atoms with Crippen LogP contribution in [0.5, 0.6) is 5.75 Å². The lowest BCUT2D eigenvalue weighted by Crippen LogP contribution is -2.09. The molecule has 0 bridgehead atoms. The maximum atomic E-state index is 13.0. The molecule has 0 aliphatic rings. The van der Waals surface area contributed by atoms with Crippen LogP contribution in [0, 0.1) is 0 Å². The van der Waals surface area contributed by atoms with Gasteiger partial charge in [0.05, 0.1) is 43.3 Å². The normalized spacial score (nSPS) is 11.4. The Labute approximate surface area is 228 Å². The number of nitrogens with zero attached hydrogens (tertiary/aromatic N) is 2. The molecule has 0 fully saturated rings. The Hall–Kier alpha value is -4.14. The largest absolute Gasteiger partial charge is 0.493 e. The van der Waals surface area contributed by atoms with Gasteiger partial charge in [0.15, 0.2) is 0 Å². The summed E-state index contributed by atoms with van der Waals surface area (Å²) in [6.07, 6.45) is 1.32. The molecule has 0 spiro atoms. The summed E-state index contributed by atoms with van der Waals surface area (Å²) in [5, 5.41) is 17.7. The number of rotatable bonds is 11. The van der Waals surface area contributed by atoms with Crippen LogP contribution in [0.3, 0.4) is 0 Å². The van der Waals surface area contributed by atoms with E-state index in [4.69, 9.17) is 14.2 Å². The van der Waals surface area contributed by atoms with Gasteiger partial charge < -0.3 is 24.3 Å². The maximum Gasteiger partial charge on any atom is 0.355 e. The number of ether oxygens (including phenoxy) is 3. The Balaban J connectivity index is 0.00000370. The van der Waals surface area contributed by atoms with Crippen molar-refractivity contribution in [2.75, 3.05) is 20.3 Å². The summed E-state index contributed by atoms with van der Waals surface area (Å²) in [5.41, 5.74) is 5.16. The lowest BCUT2D eigenvalue weighted by atomic mass is 9.98. The lowest BCUT2D eigenvalue weighted by Gasteiger charge is -2.10. The fraction of sp³-hybridized carbons (Fsp3) is 0.290. The molecule has 0 aliphatic carbocycles. The summed E-state index contributed by atoms with van der Waals surface area (Å²) in [5.74, 6) is 0.453. The summed E-state index contributed by atoms with van der Waals surface area (Å²) in [7, 11) is 3.46. The van der Waals surface area contributed by atoms with E-state index in [1.165, 1.54) is 0 Å². The average molecular weight is 530 g/mol. The number of para-hydroxylation sites is 1. The number of nitrogens with one attached hydrogen (secondary N) is 1. The minimum Gasteiger partial charge on any atom is -0.493 e. The molecule has 5 rings (SSSR count). The molecule has 204 valence electrons. The quantitative estimate of drug-likeness (QED) is 0.166. The van der Waals surface area contributed by atoms with Crippen molar-refractivity contribution in [3.05, 3.63) is 83.3 Å². The van der Waals surface area contributed by atoms with E-state index in [2.05, 4.69) is 28.3 Å². The van der Waals surface area contributed by atoms with Crippen molar-refractivity contribution in [3.8, 4) is 16.9 Å². The molecule has 2 aromatic heterocycles. The van der Waals surface area contributed by atoms with Crippen molar-refractivity contribution < 1.29 is 25.5 Å². The number of hydrogen-bond donors (Lipinski definition) is 2. The Bertz CT molecular complexity index is 1620. The second-order valence-corrected chi connectivity index (χ2v) is 9.34. The minimum atomic E-state index is -0.393. The minimum absolute atomic E-state index is 0. The molecule has 0 radical (unpaired) electrons. The Morgan fingerprint density at radius 1 is 1.08 bits per heavy atom. The summed E-state index contributed by atoms with van der Waals surface area (Å²) in [4.78, 5) is 16.4. The number of aliphatic hydroxyl groups excluding tert-OH is 1. The van der Waals surface area contributed by atoms with Gasteiger partial charge in [0.25, 0.3) is 0 Å². The highest BCUT2D eigenvalue weighted by atomic mass is 16.5. The molecule has 3 aromatic carbocycles. The summed E-state index contributed by atoms with van der Waals surface area (Å²) in [6.45, 7) is 2.69. The topological polar surface area (TPSA) is 98.6 Å². The highest BCUT2D eigenvalue weighted by Gasteiger charge is 2.24. The van der Waals surface area contributed by atoms with E-state index in [0.29, 0.717) is 37.4 Å². The Morgan fingerprint density at radius 2 is 1.85 bits per heavy atom. The van der Waals surface area contributed by atoms with Crippen LogP contribution in [0.2, 0.25) is 0 Å². The number of carbonyl (C=O) groups is 1. The number of aryl methyl sites for hydroxylation is 2. The molecule has 0 saturated carbocycles. The molecule has 0 unspecified atom stereocenters. The number of benzene rings is 3. The Morgan fingerprint density at radius 3 is 2.64 bits per heavy atom. The van der Waals surface area contributed by atoms with Crippen LogP contribution in [-0.4, -0.2) is 46.2 Å². The molecule has 8 heteroatoms. The van der Waals surface area contributed by atoms with E-state index in [9.17, 15) is 9.90 Å². The van der Waals surface area contributed by atoms with Crippen LogP contribution < -0.4 is 4.74 Å². The fourth-order valence-corrected chi connectivity index (χ4v) is 5.22. The standard InChI is InChI=1S/C31H33N3O5.H2/c1-4-38-31(36)30-23(15-9-17-39-27-16-7-11-20-10-5-6-12-21(20)27)22-13-8-14-24(29(22)32-30)28-25(18-35)33-34(2)26(28)19-37-3;/h5-8,10-14,16,32,35H,4,9,15,17-19H2,1-3H3;1H. The summed E-state index contributed by atoms with van der Waals surface area (Å²) in [6, 6.07) is 20.1. The first-order valence-corrected chi connectivity index (χ1v) is 13.1. The number of aromatic nitrogens is 3. The van der Waals surface area contributed by atoms with Gasteiger partial charge >= 0.3 is 5.97 Å². The second kappa shape index (κ2) is 11.7. The van der Waals surface area contributed by atoms with E-state index in [0.717, 1.165) is 49.8 Å². The molecule has 0 atom stereocenters. The summed E-state index contributed by atoms with van der Waals surface area (Å²) >= 11 is 0. The molecule has 8 nitrogen and oxygen atoms in total. The number of methoxy groups -OCH3 is 1. The van der Waals surface area contributed by atoms with Crippen molar-refractivity contribution in [1.29, 1.82) is 0 Å². The van der Waals surface area contributed by atoms with Crippen LogP contribution >= 0.6 is 0 Å². The van der Waals surface area contributed by atoms with Gasteiger partial charge in [-0.2, -0.15) is 5.10 Å². The summed E-state index contributed by atoms with van der Waals surface area (Å²) < 4.78 is 18.7. The number of hydrogen-bond acceptors (Lipinski definition) is 6. The average Bonchev–Trinajstić information content (AvgIpc) is 3.48. The van der Waals surface area contributed by atoms with Crippen molar-refractivity contribution >= 4 is 27.6 Å². The highest BCUT2D eigenvalue weighted by Crippen LogP contribution is 2.36. The number of esters is 1. The van der Waals surface area contributed by atoms with Gasteiger partial charge in [-0.3, -0.25) is 4.68 Å². The van der Waals surface area contributed by atoms with Gasteiger partial charge in [-0.15, -0.1) is 0 Å². The fourth-order valence-electron chi connectivity index (χ4n) is 5.22. The number of aromatic amines is 1. The first-order chi connectivity index (χ1) is 19.1. The molecule has 0 aliphatic heterocycles. The van der Waals surface area contributed by atoms with E-state index >= 15 is 0 Å². The first kappa shape index (κ1) is 26.5. The van der Waals surface area contributed by atoms with Crippen LogP contribution in [0.4, 0.5) is 0 Å². The Kier molecular flexibility index (Phi) is 7.95. The van der Waals surface area contributed by atoms with Crippen LogP contribution in [0.15, 0.2) is 60.7 Å². The van der Waals surface area contributed by atoms with Gasteiger partial charge in [0.1, 0.15) is 11.4 Å². The molecule has 5 aromatic rings. The van der Waals surface area contributed by atoms with Crippen molar-refractivity contribution in [2.45, 2.75) is 33.0 Å². The zero-order chi connectivity index (χ0) is 27.4. The molecular weight excluding hydrogens is 494 g/mol. The van der Waals surface area contributed by atoms with E-state index in [1.54, 1.807) is 18.7 Å². The predicted molar refractivity (Wildman–Crippen MR) is 153 cm³/mol. The third-order valence-corrected chi connectivity index (χ3v) is 6.94. The molecule has 2 N–H and O–H groups in total. The molecule has 0 saturated heterocycles. The maximum absolute atomic E-state index is 13.0. The monoisotopic (exact) mass is 529 g/mol. The van der Waals surface area contributed by atoms with Crippen LogP contribution in [0.25, 0.3) is 32.8 Å². The van der Waals surface area contributed by atoms with Crippen LogP contribution in [0.1, 0.15) is 42.2 Å². The second-order valence-electron chi connectivity index (χ2n) is 9.34. The van der Waals surface area contributed by atoms with E-state index in [1.807, 2.05) is 49.5 Å². The number of aliphatic hydroxyl groups is 1. The number of H-pyrrole nitrogens is 1. The zero-order valence-electron chi connectivity index (χ0n) is 22.5. The molecule has 39 heavy (non-hydrogen) atoms. The first-order valence-electron chi connectivity index (χ1n) is 13.1. The smallest absolute Gasteiger partial charge is 0.355 e. The number of carbonyl (C=O) groups excluding carboxylic acids is 1. The van der Waals surface area contributed by atoms with E-state index in [-0.39, 0.29) is 14.6 Å². The number of fused-ring (bicyclic) bond motifs is 2.